The van der Waals surface area contributed by atoms with Gasteiger partial charge in [0, 0.05) is 47.5 Å². The van der Waals surface area contributed by atoms with Crippen LogP contribution in [0.2, 0.25) is 0 Å². The lowest BCUT2D eigenvalue weighted by molar-refractivity contribution is 0.669. The third-order valence-corrected chi connectivity index (χ3v) is 12.4. The molecule has 8 aromatic carbocycles. The highest BCUT2D eigenvalue weighted by molar-refractivity contribution is 7.25. The van der Waals surface area contributed by atoms with Crippen LogP contribution in [0.15, 0.2) is 196 Å². The number of furan rings is 1. The Bertz CT molecular complexity index is 3390. The lowest BCUT2D eigenvalue weighted by Gasteiger charge is -2.23. The molecule has 12 rings (SSSR count). The maximum atomic E-state index is 6.62. The Kier molecular flexibility index (Phi) is 7.09. The first-order chi connectivity index (χ1) is 28.2. The molecule has 0 aliphatic carbocycles. The van der Waals surface area contributed by atoms with Crippen molar-refractivity contribution in [2.75, 3.05) is 0 Å². The monoisotopic (exact) mass is 748 g/mol. The van der Waals surface area contributed by atoms with Crippen LogP contribution >= 0.6 is 11.3 Å². The molecule has 268 valence electrons. The second-order valence-corrected chi connectivity index (χ2v) is 15.6. The van der Waals surface area contributed by atoms with Gasteiger partial charge < -0.3 is 14.3 Å². The maximum Gasteiger partial charge on any atom is 0.159 e. The van der Waals surface area contributed by atoms with Crippen molar-refractivity contribution in [3.05, 3.63) is 199 Å². The highest BCUT2D eigenvalue weighted by Gasteiger charge is 2.23. The van der Waals surface area contributed by atoms with Gasteiger partial charge in [-0.1, -0.05) is 127 Å². The number of nitrogens with zero attached hydrogens (tertiary/aromatic N) is 3. The molecule has 1 aliphatic heterocycles. The van der Waals surface area contributed by atoms with Crippen LogP contribution in [0.25, 0.3) is 80.7 Å². The molecule has 0 amide bonds. The van der Waals surface area contributed by atoms with Gasteiger partial charge in [0.1, 0.15) is 23.2 Å². The number of aliphatic imine (C=N–C) groups is 2. The van der Waals surface area contributed by atoms with Crippen LogP contribution in [0.4, 0.5) is 0 Å². The molecule has 3 aromatic heterocycles. The average molecular weight is 749 g/mol. The third kappa shape index (κ3) is 5.08. The topological polar surface area (TPSA) is 54.8 Å². The fraction of sp³-hybridized carbons (Fsp3) is 0.0196. The normalized spacial score (nSPS) is 14.5. The minimum atomic E-state index is -0.247. The smallest absolute Gasteiger partial charge is 0.159 e. The molecule has 6 heteroatoms. The van der Waals surface area contributed by atoms with Crippen molar-refractivity contribution in [2.24, 2.45) is 9.98 Å². The van der Waals surface area contributed by atoms with Gasteiger partial charge in [-0.05, 0) is 71.3 Å². The van der Waals surface area contributed by atoms with E-state index in [1.165, 1.54) is 42.0 Å². The van der Waals surface area contributed by atoms with Gasteiger partial charge in [0.05, 0.1) is 22.1 Å². The summed E-state index contributed by atoms with van der Waals surface area (Å²) in [6.07, 6.45) is -0.247. The fourth-order valence-electron chi connectivity index (χ4n) is 8.67. The van der Waals surface area contributed by atoms with Gasteiger partial charge in [-0.2, -0.15) is 0 Å². The molecule has 57 heavy (non-hydrogen) atoms. The highest BCUT2D eigenvalue weighted by atomic mass is 32.1. The standard InChI is InChI=1S/C51H32N4OS/c1-3-13-31(14-4-1)49-52-50(32-15-5-2-6-16-32)54-51(53-49)34-26-28-45-39(29-34)38-27-25-33(30-46(38)57-45)35-19-11-23-43-47(35)48-42(22-12-24-44(48)56-43)55-40-20-9-7-17-36(40)37-18-8-10-21-41(37)55/h1-30,49H,(H,52,53,54). The number of hydrogen-bond acceptors (Lipinski definition) is 5. The molecule has 0 spiro atoms. The van der Waals surface area contributed by atoms with E-state index in [2.05, 4.69) is 168 Å². The summed E-state index contributed by atoms with van der Waals surface area (Å²) in [5, 5.41) is 10.7. The van der Waals surface area contributed by atoms with E-state index in [1.807, 2.05) is 35.6 Å². The van der Waals surface area contributed by atoms with E-state index in [0.29, 0.717) is 0 Å². The second kappa shape index (κ2) is 12.6. The lowest BCUT2D eigenvalue weighted by atomic mass is 9.97. The number of nitrogens with one attached hydrogen (secondary N) is 1. The predicted molar refractivity (Wildman–Crippen MR) is 238 cm³/mol. The molecule has 0 fully saturated rings. The minimum absolute atomic E-state index is 0.247. The quantitative estimate of drug-likeness (QED) is 0.191. The number of amidine groups is 2. The van der Waals surface area contributed by atoms with Crippen molar-refractivity contribution in [3.63, 3.8) is 0 Å². The van der Waals surface area contributed by atoms with Gasteiger partial charge in [-0.25, -0.2) is 9.98 Å². The Morgan fingerprint density at radius 3 is 1.98 bits per heavy atom. The molecular weight excluding hydrogens is 717 g/mol. The summed E-state index contributed by atoms with van der Waals surface area (Å²) >= 11 is 1.82. The van der Waals surface area contributed by atoms with Crippen LogP contribution in [0.1, 0.15) is 22.9 Å². The summed E-state index contributed by atoms with van der Waals surface area (Å²) in [6.45, 7) is 0. The Morgan fingerprint density at radius 1 is 0.509 bits per heavy atom. The summed E-state index contributed by atoms with van der Waals surface area (Å²) in [5.74, 6) is 1.54. The van der Waals surface area contributed by atoms with Crippen LogP contribution in [-0.4, -0.2) is 16.2 Å². The summed E-state index contributed by atoms with van der Waals surface area (Å²) in [4.78, 5) is 10.2. The molecule has 5 nitrogen and oxygen atoms in total. The predicted octanol–water partition coefficient (Wildman–Crippen LogP) is 13.2. The molecule has 4 heterocycles. The first-order valence-electron chi connectivity index (χ1n) is 19.2. The van der Waals surface area contributed by atoms with E-state index < -0.39 is 0 Å². The van der Waals surface area contributed by atoms with E-state index in [9.17, 15) is 0 Å². The largest absolute Gasteiger partial charge is 0.456 e. The number of fused-ring (bicyclic) bond motifs is 9. The molecule has 1 unspecified atom stereocenters. The van der Waals surface area contributed by atoms with Gasteiger partial charge in [0.2, 0.25) is 0 Å². The third-order valence-electron chi connectivity index (χ3n) is 11.3. The summed E-state index contributed by atoms with van der Waals surface area (Å²) in [5.41, 5.74) is 10.6. The number of hydrogen-bond donors (Lipinski definition) is 1. The second-order valence-electron chi connectivity index (χ2n) is 14.6. The van der Waals surface area contributed by atoms with Crippen molar-refractivity contribution in [1.82, 2.24) is 9.88 Å². The van der Waals surface area contributed by atoms with Crippen molar-refractivity contribution in [3.8, 4) is 16.8 Å². The molecule has 11 aromatic rings. The zero-order valence-corrected chi connectivity index (χ0v) is 31.4. The van der Waals surface area contributed by atoms with Gasteiger partial charge in [0.25, 0.3) is 0 Å². The van der Waals surface area contributed by atoms with Gasteiger partial charge >= 0.3 is 0 Å². The van der Waals surface area contributed by atoms with Gasteiger partial charge in [-0.15, -0.1) is 11.3 Å². The molecule has 0 radical (unpaired) electrons. The number of thiophene rings is 1. The molecule has 1 atom stereocenters. The number of aromatic nitrogens is 1. The SMILES string of the molecule is c1ccc(C2=NC(c3ccc4sc5cc(-c6cccc7oc8cccc(-n9c%10ccccc%10c%10ccccc%109)c8c67)ccc5c4c3)=NC(c3ccccc3)N2)cc1. The molecule has 0 saturated heterocycles. The minimum Gasteiger partial charge on any atom is -0.456 e. The molecular formula is C51H32N4OS. The lowest BCUT2D eigenvalue weighted by Crippen LogP contribution is -2.33. The zero-order chi connectivity index (χ0) is 37.5. The van der Waals surface area contributed by atoms with E-state index in [-0.39, 0.29) is 6.17 Å². The Balaban J connectivity index is 1.00. The first-order valence-corrected chi connectivity index (χ1v) is 20.0. The van der Waals surface area contributed by atoms with E-state index in [1.54, 1.807) is 0 Å². The number of rotatable bonds is 5. The summed E-state index contributed by atoms with van der Waals surface area (Å²) < 4.78 is 11.5. The fourth-order valence-corrected chi connectivity index (χ4v) is 9.79. The molecule has 0 saturated carbocycles. The average Bonchev–Trinajstić information content (AvgIpc) is 3.96. The van der Waals surface area contributed by atoms with Crippen LogP contribution in [0.3, 0.4) is 0 Å². The van der Waals surface area contributed by atoms with Crippen LogP contribution in [0, 0.1) is 0 Å². The van der Waals surface area contributed by atoms with Gasteiger partial charge in [-0.3, -0.25) is 0 Å². The van der Waals surface area contributed by atoms with Crippen LogP contribution in [-0.2, 0) is 0 Å². The number of para-hydroxylation sites is 2. The van der Waals surface area contributed by atoms with E-state index >= 15 is 0 Å². The Labute approximate surface area is 331 Å². The zero-order valence-electron chi connectivity index (χ0n) is 30.6. The maximum absolute atomic E-state index is 6.62. The highest BCUT2D eigenvalue weighted by Crippen LogP contribution is 2.44. The van der Waals surface area contributed by atoms with E-state index in [0.717, 1.165) is 67.1 Å². The van der Waals surface area contributed by atoms with Crippen LogP contribution in [0.5, 0.6) is 0 Å². The van der Waals surface area contributed by atoms with Crippen molar-refractivity contribution < 1.29 is 4.42 Å². The number of benzene rings is 8. The van der Waals surface area contributed by atoms with E-state index in [4.69, 9.17) is 14.4 Å². The Morgan fingerprint density at radius 2 is 1.19 bits per heavy atom. The summed E-state index contributed by atoms with van der Waals surface area (Å²) in [7, 11) is 0. The molecule has 1 aliphatic rings. The molecule has 1 N–H and O–H groups in total. The van der Waals surface area contributed by atoms with Crippen molar-refractivity contribution in [2.45, 2.75) is 6.17 Å². The van der Waals surface area contributed by atoms with Gasteiger partial charge in [0.15, 0.2) is 5.84 Å². The van der Waals surface area contributed by atoms with Crippen LogP contribution < -0.4 is 5.32 Å². The Hall–Kier alpha value is -7.28. The molecule has 0 bridgehead atoms. The first kappa shape index (κ1) is 32.0. The van der Waals surface area contributed by atoms with Crippen molar-refractivity contribution in [1.29, 1.82) is 0 Å². The summed E-state index contributed by atoms with van der Waals surface area (Å²) in [6, 6.07) is 64.3. The van der Waals surface area contributed by atoms with Crippen molar-refractivity contribution >= 4 is 86.9 Å².